The Bertz CT molecular complexity index is 1300. The minimum absolute atomic E-state index is 0.334. The molecule has 178 valence electrons. The molecule has 35 heavy (non-hydrogen) atoms. The van der Waals surface area contributed by atoms with Gasteiger partial charge in [-0.15, -0.1) is 10.2 Å². The van der Waals surface area contributed by atoms with Crippen molar-refractivity contribution < 1.29 is 14.3 Å². The third kappa shape index (κ3) is 5.26. The fourth-order valence-corrected chi connectivity index (χ4v) is 4.46. The van der Waals surface area contributed by atoms with E-state index in [0.717, 1.165) is 11.1 Å². The molecule has 3 aromatic carbocycles. The highest BCUT2D eigenvalue weighted by atomic mass is 32.1. The number of rotatable bonds is 9. The Balaban J connectivity index is 1.75. The van der Waals surface area contributed by atoms with Crippen LogP contribution in [-0.2, 0) is 4.79 Å². The lowest BCUT2D eigenvalue weighted by Crippen LogP contribution is -2.42. The van der Waals surface area contributed by atoms with E-state index < -0.39 is 23.8 Å². The van der Waals surface area contributed by atoms with Crippen molar-refractivity contribution in [2.45, 2.75) is 12.8 Å². The van der Waals surface area contributed by atoms with Gasteiger partial charge in [0.1, 0.15) is 11.3 Å². The largest absolute Gasteiger partial charge is 0.395 e. The van der Waals surface area contributed by atoms with Crippen LogP contribution >= 0.6 is 11.3 Å². The van der Waals surface area contributed by atoms with Crippen molar-refractivity contribution in [2.24, 2.45) is 5.41 Å². The van der Waals surface area contributed by atoms with E-state index in [1.54, 1.807) is 19.1 Å². The Morgan fingerprint density at radius 1 is 1.14 bits per heavy atom. The summed E-state index contributed by atoms with van der Waals surface area (Å²) in [6.07, 6.45) is 1.22. The van der Waals surface area contributed by atoms with Crippen LogP contribution < -0.4 is 10.6 Å². The van der Waals surface area contributed by atoms with Crippen molar-refractivity contribution in [3.63, 3.8) is 0 Å². The summed E-state index contributed by atoms with van der Waals surface area (Å²) in [5.41, 5.74) is 3.78. The lowest BCUT2D eigenvalue weighted by Gasteiger charge is -2.35. The normalized spacial score (nSPS) is 13.5. The summed E-state index contributed by atoms with van der Waals surface area (Å²) in [4.78, 5) is 13.4. The number of hydrogen-bond acceptors (Lipinski definition) is 7. The van der Waals surface area contributed by atoms with Crippen molar-refractivity contribution >= 4 is 40.0 Å². The predicted octanol–water partition coefficient (Wildman–Crippen LogP) is 5.19. The number of anilines is 3. The van der Waals surface area contributed by atoms with Crippen LogP contribution in [0.5, 0.6) is 0 Å². The van der Waals surface area contributed by atoms with E-state index >= 15 is 0 Å². The molecule has 1 aromatic heterocycles. The summed E-state index contributed by atoms with van der Waals surface area (Å²) in [6, 6.07) is 20.9. The van der Waals surface area contributed by atoms with Crippen LogP contribution in [0, 0.1) is 16.6 Å². The number of nitrogens with zero attached hydrogens (tertiary/aromatic N) is 2. The van der Waals surface area contributed by atoms with Crippen LogP contribution in [0.3, 0.4) is 0 Å². The van der Waals surface area contributed by atoms with Gasteiger partial charge in [0.2, 0.25) is 11.0 Å². The summed E-state index contributed by atoms with van der Waals surface area (Å²) < 4.78 is 13.3. The second-order valence-electron chi connectivity index (χ2n) is 8.24. The monoisotopic (exact) mass is 489 g/mol. The molecule has 4 rings (SSSR count). The molecule has 4 N–H and O–H groups in total. The molecule has 0 aliphatic carbocycles. The van der Waals surface area contributed by atoms with Gasteiger partial charge in [0.05, 0.1) is 12.0 Å². The molecular formula is C26H24FN5O2S. The summed E-state index contributed by atoms with van der Waals surface area (Å²) >= 11 is 1.19. The van der Waals surface area contributed by atoms with E-state index in [2.05, 4.69) is 20.8 Å². The van der Waals surface area contributed by atoms with Crippen LogP contribution in [0.15, 0.2) is 78.3 Å². The topological polar surface area (TPSA) is 111 Å². The molecule has 1 heterocycles. The second kappa shape index (κ2) is 10.5. The number of aliphatic hydroxyl groups excluding tert-OH is 1. The predicted molar refractivity (Wildman–Crippen MR) is 136 cm³/mol. The second-order valence-corrected chi connectivity index (χ2v) is 9.07. The van der Waals surface area contributed by atoms with E-state index in [-0.39, 0.29) is 5.82 Å². The van der Waals surface area contributed by atoms with Gasteiger partial charge in [-0.25, -0.2) is 4.39 Å². The third-order valence-electron chi connectivity index (χ3n) is 5.89. The van der Waals surface area contributed by atoms with Crippen LogP contribution in [0.4, 0.5) is 20.9 Å². The summed E-state index contributed by atoms with van der Waals surface area (Å²) in [5.74, 6) is -1.25. The minimum atomic E-state index is -1.25. The van der Waals surface area contributed by atoms with Gasteiger partial charge in [-0.05, 0) is 54.4 Å². The lowest BCUT2D eigenvalue weighted by atomic mass is 9.69. The van der Waals surface area contributed by atoms with Gasteiger partial charge in [-0.3, -0.25) is 10.1 Å². The quantitative estimate of drug-likeness (QED) is 0.242. The van der Waals surface area contributed by atoms with Crippen molar-refractivity contribution in [1.82, 2.24) is 10.2 Å². The maximum absolute atomic E-state index is 13.4. The molecule has 0 spiro atoms. The van der Waals surface area contributed by atoms with Gasteiger partial charge in [-0.1, -0.05) is 47.7 Å². The van der Waals surface area contributed by atoms with Crippen molar-refractivity contribution in [2.75, 3.05) is 17.2 Å². The molecular weight excluding hydrogens is 465 g/mol. The average Bonchev–Trinajstić information content (AvgIpc) is 3.40. The van der Waals surface area contributed by atoms with Gasteiger partial charge in [0.15, 0.2) is 0 Å². The molecule has 4 aromatic rings. The standard InChI is InChI=1S/C26H24FN5O2S/c1-26(15-33,24(34)31-25-32-29-16-35-25)23(17-5-3-2-4-6-17)18-7-12-22(19(13-18)14-28)30-21-10-8-20(27)9-11-21/h2-14,16,23,28,30,33H,15H2,1H3,(H,31,32,34). The zero-order valence-electron chi connectivity index (χ0n) is 18.9. The highest BCUT2D eigenvalue weighted by Crippen LogP contribution is 2.43. The molecule has 9 heteroatoms. The van der Waals surface area contributed by atoms with Gasteiger partial charge in [0, 0.05) is 29.1 Å². The van der Waals surface area contributed by atoms with Crippen molar-refractivity contribution in [3.8, 4) is 0 Å². The Morgan fingerprint density at radius 3 is 2.51 bits per heavy atom. The molecule has 0 aliphatic heterocycles. The molecule has 0 saturated heterocycles. The first-order valence-corrected chi connectivity index (χ1v) is 11.7. The van der Waals surface area contributed by atoms with Crippen molar-refractivity contribution in [3.05, 3.63) is 101 Å². The average molecular weight is 490 g/mol. The number of hydrogen-bond donors (Lipinski definition) is 4. The SMILES string of the molecule is CC(CO)(C(=O)Nc1nncs1)C(c1ccccc1)c1ccc(Nc2ccc(F)cc2)c(C=N)c1. The first kappa shape index (κ1) is 24.2. The fourth-order valence-electron chi connectivity index (χ4n) is 4.02. The molecule has 0 radical (unpaired) electrons. The number of aliphatic hydroxyl groups is 1. The van der Waals surface area contributed by atoms with Crippen molar-refractivity contribution in [1.29, 1.82) is 5.41 Å². The Kier molecular flexibility index (Phi) is 7.28. The van der Waals surface area contributed by atoms with Gasteiger partial charge >= 0.3 is 0 Å². The van der Waals surface area contributed by atoms with Crippen LogP contribution in [-0.4, -0.2) is 34.0 Å². The first-order chi connectivity index (χ1) is 16.9. The maximum atomic E-state index is 13.4. The number of carbonyl (C=O) groups is 1. The summed E-state index contributed by atoms with van der Waals surface area (Å²) in [6.45, 7) is 1.28. The molecule has 2 atom stereocenters. The van der Waals surface area contributed by atoms with Crippen LogP contribution in [0.1, 0.15) is 29.5 Å². The van der Waals surface area contributed by atoms with E-state index in [4.69, 9.17) is 5.41 Å². The number of aromatic nitrogens is 2. The summed E-state index contributed by atoms with van der Waals surface area (Å²) in [7, 11) is 0. The molecule has 7 nitrogen and oxygen atoms in total. The Labute approximate surface area is 206 Å². The van der Waals surface area contributed by atoms with E-state index in [1.165, 1.54) is 35.2 Å². The van der Waals surface area contributed by atoms with Gasteiger partial charge < -0.3 is 15.8 Å². The Morgan fingerprint density at radius 2 is 1.89 bits per heavy atom. The highest BCUT2D eigenvalue weighted by molar-refractivity contribution is 7.13. The molecule has 0 aliphatic rings. The van der Waals surface area contributed by atoms with Gasteiger partial charge in [0.25, 0.3) is 0 Å². The molecule has 2 unspecified atom stereocenters. The zero-order chi connectivity index (χ0) is 24.8. The zero-order valence-corrected chi connectivity index (χ0v) is 19.7. The first-order valence-electron chi connectivity index (χ1n) is 10.8. The van der Waals surface area contributed by atoms with E-state index in [9.17, 15) is 14.3 Å². The Hall–Kier alpha value is -3.95. The molecule has 1 amide bonds. The fraction of sp³-hybridized carbons (Fsp3) is 0.154. The number of amides is 1. The number of nitrogens with one attached hydrogen (secondary N) is 3. The van der Waals surface area contributed by atoms with E-state index in [0.29, 0.717) is 22.1 Å². The van der Waals surface area contributed by atoms with Gasteiger partial charge in [-0.2, -0.15) is 0 Å². The summed E-state index contributed by atoms with van der Waals surface area (Å²) in [5, 5.41) is 32.4. The third-order valence-corrected chi connectivity index (χ3v) is 6.49. The van der Waals surface area contributed by atoms with E-state index in [1.807, 2.05) is 48.5 Å². The number of carbonyl (C=O) groups excluding carboxylic acids is 1. The molecule has 0 fully saturated rings. The minimum Gasteiger partial charge on any atom is -0.395 e. The molecule has 0 saturated carbocycles. The smallest absolute Gasteiger partial charge is 0.235 e. The van der Waals surface area contributed by atoms with Crippen LogP contribution in [0.25, 0.3) is 0 Å². The lowest BCUT2D eigenvalue weighted by molar-refractivity contribution is -0.127. The number of benzene rings is 3. The van der Waals surface area contributed by atoms with Crippen LogP contribution in [0.2, 0.25) is 0 Å². The maximum Gasteiger partial charge on any atom is 0.235 e. The highest BCUT2D eigenvalue weighted by Gasteiger charge is 2.43. The number of halogens is 1. The molecule has 0 bridgehead atoms.